The molecule has 2 rings (SSSR count). The maximum absolute atomic E-state index is 12.1. The van der Waals surface area contributed by atoms with Crippen molar-refractivity contribution in [1.29, 1.82) is 0 Å². The maximum Gasteiger partial charge on any atom is 0.220 e. The zero-order valence-corrected chi connectivity index (χ0v) is 15.9. The molecule has 1 N–H and O–H groups in total. The zero-order valence-electron chi connectivity index (χ0n) is 15.9. The number of rotatable bonds is 11. The van der Waals surface area contributed by atoms with E-state index in [4.69, 9.17) is 4.74 Å². The van der Waals surface area contributed by atoms with E-state index >= 15 is 0 Å². The quantitative estimate of drug-likeness (QED) is 0.619. The third-order valence-electron chi connectivity index (χ3n) is 4.32. The molecule has 0 bridgehead atoms. The van der Waals surface area contributed by atoms with Crippen LogP contribution in [-0.2, 0) is 11.2 Å². The minimum Gasteiger partial charge on any atom is -0.494 e. The summed E-state index contributed by atoms with van der Waals surface area (Å²) in [6.07, 6.45) is 2.12. The van der Waals surface area contributed by atoms with Crippen molar-refractivity contribution in [3.8, 4) is 5.75 Å². The summed E-state index contributed by atoms with van der Waals surface area (Å²) >= 11 is 0. The molecule has 0 fully saturated rings. The van der Waals surface area contributed by atoms with Gasteiger partial charge in [0, 0.05) is 31.7 Å². The molecule has 0 spiro atoms. The normalized spacial score (nSPS) is 10.4. The van der Waals surface area contributed by atoms with Crippen molar-refractivity contribution in [2.45, 2.75) is 33.1 Å². The molecule has 0 saturated heterocycles. The van der Waals surface area contributed by atoms with Gasteiger partial charge in [-0.05, 0) is 50.5 Å². The molecular weight excluding hydrogens is 324 g/mol. The number of aryl methyl sites for hydroxylation is 1. The Balaban J connectivity index is 1.69. The Hall–Kier alpha value is -2.49. The summed E-state index contributed by atoms with van der Waals surface area (Å²) in [5.41, 5.74) is 2.32. The van der Waals surface area contributed by atoms with Crippen molar-refractivity contribution in [2.24, 2.45) is 0 Å². The van der Waals surface area contributed by atoms with Crippen molar-refractivity contribution < 1.29 is 9.53 Å². The molecule has 2 aromatic carbocycles. The number of carbonyl (C=O) groups is 1. The molecule has 0 atom stereocenters. The SMILES string of the molecule is CCOc1ccccc1CCC(=O)NCCCN(CC)c1ccccc1. The Kier molecular flexibility index (Phi) is 8.53. The lowest BCUT2D eigenvalue weighted by Crippen LogP contribution is -2.30. The number of nitrogens with one attached hydrogen (secondary N) is 1. The third-order valence-corrected chi connectivity index (χ3v) is 4.32. The lowest BCUT2D eigenvalue weighted by atomic mass is 10.1. The van der Waals surface area contributed by atoms with Crippen molar-refractivity contribution in [1.82, 2.24) is 5.32 Å². The van der Waals surface area contributed by atoms with Gasteiger partial charge in [0.05, 0.1) is 6.61 Å². The lowest BCUT2D eigenvalue weighted by molar-refractivity contribution is -0.121. The first kappa shape index (κ1) is 19.8. The van der Waals surface area contributed by atoms with E-state index in [1.54, 1.807) is 0 Å². The first-order chi connectivity index (χ1) is 12.7. The smallest absolute Gasteiger partial charge is 0.220 e. The summed E-state index contributed by atoms with van der Waals surface area (Å²) in [6, 6.07) is 18.3. The maximum atomic E-state index is 12.1. The molecule has 0 unspecified atom stereocenters. The first-order valence-electron chi connectivity index (χ1n) is 9.52. The van der Waals surface area contributed by atoms with Crippen LogP contribution in [0.2, 0.25) is 0 Å². The first-order valence-corrected chi connectivity index (χ1v) is 9.52. The van der Waals surface area contributed by atoms with E-state index in [0.29, 0.717) is 26.0 Å². The number of hydrogen-bond acceptors (Lipinski definition) is 3. The van der Waals surface area contributed by atoms with Crippen molar-refractivity contribution in [2.75, 3.05) is 31.1 Å². The minimum atomic E-state index is 0.0964. The number of hydrogen-bond donors (Lipinski definition) is 1. The van der Waals surface area contributed by atoms with Crippen LogP contribution in [-0.4, -0.2) is 32.1 Å². The van der Waals surface area contributed by atoms with Gasteiger partial charge in [-0.15, -0.1) is 0 Å². The largest absolute Gasteiger partial charge is 0.494 e. The van der Waals surface area contributed by atoms with Gasteiger partial charge in [-0.25, -0.2) is 0 Å². The van der Waals surface area contributed by atoms with Crippen LogP contribution in [0, 0.1) is 0 Å². The van der Waals surface area contributed by atoms with Crippen LogP contribution in [0.4, 0.5) is 5.69 Å². The van der Waals surface area contributed by atoms with Gasteiger partial charge >= 0.3 is 0 Å². The number of nitrogens with zero attached hydrogens (tertiary/aromatic N) is 1. The van der Waals surface area contributed by atoms with Crippen molar-refractivity contribution in [3.05, 3.63) is 60.2 Å². The van der Waals surface area contributed by atoms with Crippen LogP contribution >= 0.6 is 0 Å². The second-order valence-corrected chi connectivity index (χ2v) is 6.16. The van der Waals surface area contributed by atoms with E-state index in [-0.39, 0.29) is 5.91 Å². The van der Waals surface area contributed by atoms with Crippen LogP contribution in [0.3, 0.4) is 0 Å². The van der Waals surface area contributed by atoms with Gasteiger partial charge < -0.3 is 15.0 Å². The molecule has 0 aliphatic rings. The summed E-state index contributed by atoms with van der Waals surface area (Å²) in [6.45, 7) is 7.37. The average molecular weight is 354 g/mol. The van der Waals surface area contributed by atoms with Gasteiger partial charge in [0.2, 0.25) is 5.91 Å². The number of ether oxygens (including phenoxy) is 1. The fraction of sp³-hybridized carbons (Fsp3) is 0.409. The van der Waals surface area contributed by atoms with E-state index in [9.17, 15) is 4.79 Å². The molecular formula is C22H30N2O2. The average Bonchev–Trinajstić information content (AvgIpc) is 2.68. The van der Waals surface area contributed by atoms with Crippen molar-refractivity contribution >= 4 is 11.6 Å². The molecule has 0 heterocycles. The van der Waals surface area contributed by atoms with Crippen LogP contribution in [0.25, 0.3) is 0 Å². The summed E-state index contributed by atoms with van der Waals surface area (Å²) in [4.78, 5) is 14.4. The third kappa shape index (κ3) is 6.43. The number of para-hydroxylation sites is 2. The highest BCUT2D eigenvalue weighted by Gasteiger charge is 2.07. The second-order valence-electron chi connectivity index (χ2n) is 6.16. The van der Waals surface area contributed by atoms with Gasteiger partial charge in [0.25, 0.3) is 0 Å². The zero-order chi connectivity index (χ0) is 18.6. The summed E-state index contributed by atoms with van der Waals surface area (Å²) in [5.74, 6) is 0.975. The van der Waals surface area contributed by atoms with E-state index < -0.39 is 0 Å². The predicted molar refractivity (Wildman–Crippen MR) is 108 cm³/mol. The van der Waals surface area contributed by atoms with Crippen LogP contribution in [0.5, 0.6) is 5.75 Å². The Bertz CT molecular complexity index is 658. The Morgan fingerprint density at radius 2 is 1.77 bits per heavy atom. The van der Waals surface area contributed by atoms with E-state index in [2.05, 4.69) is 41.4 Å². The molecule has 26 heavy (non-hydrogen) atoms. The topological polar surface area (TPSA) is 41.6 Å². The highest BCUT2D eigenvalue weighted by Crippen LogP contribution is 2.19. The van der Waals surface area contributed by atoms with Crippen LogP contribution < -0.4 is 15.0 Å². The molecule has 0 saturated carbocycles. The highest BCUT2D eigenvalue weighted by molar-refractivity contribution is 5.76. The Labute approximate surface area is 157 Å². The molecule has 1 amide bonds. The number of amides is 1. The van der Waals surface area contributed by atoms with Gasteiger partial charge in [-0.2, -0.15) is 0 Å². The highest BCUT2D eigenvalue weighted by atomic mass is 16.5. The molecule has 4 heteroatoms. The lowest BCUT2D eigenvalue weighted by Gasteiger charge is -2.23. The van der Waals surface area contributed by atoms with Gasteiger partial charge in [0.1, 0.15) is 5.75 Å². The van der Waals surface area contributed by atoms with Crippen LogP contribution in [0.15, 0.2) is 54.6 Å². The fourth-order valence-corrected chi connectivity index (χ4v) is 2.95. The number of carbonyl (C=O) groups excluding carboxylic acids is 1. The van der Waals surface area contributed by atoms with E-state index in [1.165, 1.54) is 5.69 Å². The Morgan fingerprint density at radius 1 is 1.04 bits per heavy atom. The van der Waals surface area contributed by atoms with Gasteiger partial charge in [0.15, 0.2) is 0 Å². The Morgan fingerprint density at radius 3 is 2.50 bits per heavy atom. The standard InChI is InChI=1S/C22H30N2O2/c1-3-24(20-12-6-5-7-13-20)18-10-17-23-22(25)16-15-19-11-8-9-14-21(19)26-4-2/h5-9,11-14H,3-4,10,15-18H2,1-2H3,(H,23,25). The van der Waals surface area contributed by atoms with Crippen LogP contribution in [0.1, 0.15) is 32.3 Å². The summed E-state index contributed by atoms with van der Waals surface area (Å²) < 4.78 is 5.61. The molecule has 0 aliphatic carbocycles. The minimum absolute atomic E-state index is 0.0964. The summed E-state index contributed by atoms with van der Waals surface area (Å²) in [5, 5.41) is 3.03. The van der Waals surface area contributed by atoms with E-state index in [1.807, 2.05) is 37.3 Å². The monoisotopic (exact) mass is 354 g/mol. The fourth-order valence-electron chi connectivity index (χ4n) is 2.95. The second kappa shape index (κ2) is 11.2. The van der Waals surface area contributed by atoms with Gasteiger partial charge in [-0.3, -0.25) is 4.79 Å². The molecule has 140 valence electrons. The van der Waals surface area contributed by atoms with Gasteiger partial charge in [-0.1, -0.05) is 36.4 Å². The number of anilines is 1. The molecule has 4 nitrogen and oxygen atoms in total. The van der Waals surface area contributed by atoms with E-state index in [0.717, 1.165) is 30.8 Å². The molecule has 0 radical (unpaired) electrons. The molecule has 0 aromatic heterocycles. The molecule has 2 aromatic rings. The summed E-state index contributed by atoms with van der Waals surface area (Å²) in [7, 11) is 0. The number of benzene rings is 2. The van der Waals surface area contributed by atoms with Crippen molar-refractivity contribution in [3.63, 3.8) is 0 Å². The molecule has 0 aliphatic heterocycles. The predicted octanol–water partition coefficient (Wildman–Crippen LogP) is 4.05.